The van der Waals surface area contributed by atoms with Crippen molar-refractivity contribution in [1.82, 2.24) is 0 Å². The van der Waals surface area contributed by atoms with E-state index in [9.17, 15) is 8.78 Å². The van der Waals surface area contributed by atoms with Crippen LogP contribution in [0.3, 0.4) is 0 Å². The molecular weight excluding hydrogens is 222 g/mol. The highest BCUT2D eigenvalue weighted by atomic mass is 32.2. The van der Waals surface area contributed by atoms with Crippen LogP contribution >= 0.6 is 23.5 Å². The molecule has 0 aliphatic carbocycles. The minimum atomic E-state index is -0.354. The molecule has 0 saturated carbocycles. The summed E-state index contributed by atoms with van der Waals surface area (Å²) in [6.07, 6.45) is 1.16. The normalized spacial score (nSPS) is 18.4. The van der Waals surface area contributed by atoms with Gasteiger partial charge in [0, 0.05) is 5.56 Å². The van der Waals surface area contributed by atoms with Crippen molar-refractivity contribution in [1.29, 1.82) is 0 Å². The summed E-state index contributed by atoms with van der Waals surface area (Å²) >= 11 is 3.39. The van der Waals surface area contributed by atoms with Crippen molar-refractivity contribution in [2.24, 2.45) is 0 Å². The average Bonchev–Trinajstić information content (AvgIpc) is 2.23. The van der Waals surface area contributed by atoms with Gasteiger partial charge >= 0.3 is 0 Å². The molecule has 0 nitrogen and oxygen atoms in total. The lowest BCUT2D eigenvalue weighted by molar-refractivity contribution is 0.590. The topological polar surface area (TPSA) is 0 Å². The summed E-state index contributed by atoms with van der Waals surface area (Å²) < 4.78 is 26.3. The molecular formula is C10H10F2S2. The second kappa shape index (κ2) is 4.53. The molecule has 0 bridgehead atoms. The second-order valence-electron chi connectivity index (χ2n) is 3.09. The van der Waals surface area contributed by atoms with E-state index in [4.69, 9.17) is 0 Å². The largest absolute Gasteiger partial charge is 0.207 e. The summed E-state index contributed by atoms with van der Waals surface area (Å²) in [7, 11) is 0. The monoisotopic (exact) mass is 232 g/mol. The lowest BCUT2D eigenvalue weighted by Crippen LogP contribution is -2.02. The van der Waals surface area contributed by atoms with Gasteiger partial charge in [-0.25, -0.2) is 8.78 Å². The Kier molecular flexibility index (Phi) is 3.34. The number of benzene rings is 1. The molecule has 2 rings (SSSR count). The van der Waals surface area contributed by atoms with Crippen LogP contribution in [0.2, 0.25) is 0 Å². The fraction of sp³-hybridized carbons (Fsp3) is 0.400. The van der Waals surface area contributed by atoms with Crippen LogP contribution in [-0.2, 0) is 0 Å². The third-order valence-corrected chi connectivity index (χ3v) is 5.02. The Morgan fingerprint density at radius 2 is 1.86 bits per heavy atom. The minimum absolute atomic E-state index is 0.0689. The van der Waals surface area contributed by atoms with Gasteiger partial charge in [-0.1, -0.05) is 0 Å². The molecule has 0 radical (unpaired) electrons. The molecule has 14 heavy (non-hydrogen) atoms. The van der Waals surface area contributed by atoms with Gasteiger partial charge in [-0.05, 0) is 36.1 Å². The van der Waals surface area contributed by atoms with Gasteiger partial charge in [0.25, 0.3) is 0 Å². The van der Waals surface area contributed by atoms with Crippen LogP contribution in [0.25, 0.3) is 0 Å². The lowest BCUT2D eigenvalue weighted by Gasteiger charge is -2.21. The number of halogens is 2. The Hall–Kier alpha value is -0.220. The Labute approximate surface area is 90.5 Å². The van der Waals surface area contributed by atoms with Gasteiger partial charge in [0.2, 0.25) is 0 Å². The molecule has 0 amide bonds. The maximum Gasteiger partial charge on any atom is 0.128 e. The summed E-state index contributed by atoms with van der Waals surface area (Å²) in [5, 5.41) is 0. The van der Waals surface area contributed by atoms with Gasteiger partial charge in [0.15, 0.2) is 0 Å². The van der Waals surface area contributed by atoms with Gasteiger partial charge in [-0.3, -0.25) is 0 Å². The first kappa shape index (κ1) is 10.3. The predicted octanol–water partition coefficient (Wildman–Crippen LogP) is 3.83. The van der Waals surface area contributed by atoms with Crippen molar-refractivity contribution < 1.29 is 8.78 Å². The Bertz CT molecular complexity index is 322. The average molecular weight is 232 g/mol. The summed E-state index contributed by atoms with van der Waals surface area (Å²) in [5.74, 6) is 1.42. The van der Waals surface area contributed by atoms with Gasteiger partial charge in [0.05, 0.1) is 4.58 Å². The molecule has 0 N–H and O–H groups in total. The number of thioether (sulfide) groups is 2. The van der Waals surface area contributed by atoms with E-state index in [0.717, 1.165) is 24.0 Å². The number of hydrogen-bond donors (Lipinski definition) is 0. The predicted molar refractivity (Wildman–Crippen MR) is 58.6 cm³/mol. The van der Waals surface area contributed by atoms with E-state index in [1.54, 1.807) is 23.5 Å². The molecule has 1 aromatic carbocycles. The summed E-state index contributed by atoms with van der Waals surface area (Å²) in [4.78, 5) is 0. The molecule has 0 spiro atoms. The fourth-order valence-electron chi connectivity index (χ4n) is 1.36. The van der Waals surface area contributed by atoms with E-state index < -0.39 is 0 Å². The Morgan fingerprint density at radius 1 is 1.14 bits per heavy atom. The molecule has 0 atom stereocenters. The molecule has 76 valence electrons. The molecule has 1 aromatic rings. The standard InChI is InChI=1S/C10H10F2S2/c11-7-2-3-9(12)8(6-7)10-13-4-1-5-14-10/h2-3,6,10H,1,4-5H2. The van der Waals surface area contributed by atoms with E-state index in [2.05, 4.69) is 0 Å². The highest BCUT2D eigenvalue weighted by Crippen LogP contribution is 2.44. The molecule has 0 aromatic heterocycles. The quantitative estimate of drug-likeness (QED) is 0.721. The van der Waals surface area contributed by atoms with E-state index in [1.807, 2.05) is 0 Å². The molecule has 1 aliphatic heterocycles. The Balaban J connectivity index is 2.24. The zero-order valence-electron chi connectivity index (χ0n) is 7.50. The van der Waals surface area contributed by atoms with Crippen molar-refractivity contribution in [3.05, 3.63) is 35.4 Å². The van der Waals surface area contributed by atoms with Gasteiger partial charge in [0.1, 0.15) is 11.6 Å². The molecule has 1 heterocycles. The number of hydrogen-bond acceptors (Lipinski definition) is 2. The SMILES string of the molecule is Fc1ccc(F)c(C2SCCCS2)c1. The van der Waals surface area contributed by atoms with Crippen molar-refractivity contribution in [3.63, 3.8) is 0 Å². The second-order valence-corrected chi connectivity index (χ2v) is 5.82. The van der Waals surface area contributed by atoms with Crippen LogP contribution in [-0.4, -0.2) is 11.5 Å². The highest BCUT2D eigenvalue weighted by Gasteiger charge is 2.20. The summed E-state index contributed by atoms with van der Waals surface area (Å²) in [5.41, 5.74) is 0.500. The van der Waals surface area contributed by atoms with Gasteiger partial charge in [-0.15, -0.1) is 23.5 Å². The summed E-state index contributed by atoms with van der Waals surface area (Å²) in [6, 6.07) is 3.68. The zero-order chi connectivity index (χ0) is 9.97. The van der Waals surface area contributed by atoms with Crippen molar-refractivity contribution in [2.45, 2.75) is 11.0 Å². The van der Waals surface area contributed by atoms with E-state index >= 15 is 0 Å². The van der Waals surface area contributed by atoms with Gasteiger partial charge < -0.3 is 0 Å². The molecule has 1 aliphatic rings. The highest BCUT2D eigenvalue weighted by molar-refractivity contribution is 8.16. The van der Waals surface area contributed by atoms with Crippen LogP contribution in [0.1, 0.15) is 16.6 Å². The third kappa shape index (κ3) is 2.23. The zero-order valence-corrected chi connectivity index (χ0v) is 9.14. The van der Waals surface area contributed by atoms with E-state index in [1.165, 1.54) is 12.1 Å². The molecule has 1 fully saturated rings. The summed E-state index contributed by atoms with van der Waals surface area (Å²) in [6.45, 7) is 0. The van der Waals surface area contributed by atoms with Crippen LogP contribution < -0.4 is 0 Å². The van der Waals surface area contributed by atoms with Crippen LogP contribution in [0, 0.1) is 11.6 Å². The molecule has 1 saturated heterocycles. The fourth-order valence-corrected chi connectivity index (χ4v) is 4.28. The first-order valence-corrected chi connectivity index (χ1v) is 6.55. The maximum atomic E-state index is 13.4. The molecule has 4 heteroatoms. The van der Waals surface area contributed by atoms with E-state index in [-0.39, 0.29) is 16.2 Å². The Morgan fingerprint density at radius 3 is 2.57 bits per heavy atom. The van der Waals surface area contributed by atoms with E-state index in [0.29, 0.717) is 5.56 Å². The van der Waals surface area contributed by atoms with Gasteiger partial charge in [-0.2, -0.15) is 0 Å². The smallest absolute Gasteiger partial charge is 0.128 e. The van der Waals surface area contributed by atoms with Crippen LogP contribution in [0.15, 0.2) is 18.2 Å². The van der Waals surface area contributed by atoms with Crippen molar-refractivity contribution >= 4 is 23.5 Å². The van der Waals surface area contributed by atoms with Crippen molar-refractivity contribution in [3.8, 4) is 0 Å². The first-order valence-electron chi connectivity index (χ1n) is 4.45. The maximum absolute atomic E-state index is 13.4. The lowest BCUT2D eigenvalue weighted by atomic mass is 10.2. The van der Waals surface area contributed by atoms with Crippen LogP contribution in [0.5, 0.6) is 0 Å². The van der Waals surface area contributed by atoms with Crippen LogP contribution in [0.4, 0.5) is 8.78 Å². The minimum Gasteiger partial charge on any atom is -0.207 e. The third-order valence-electron chi connectivity index (χ3n) is 2.04. The molecule has 0 unspecified atom stereocenters. The number of rotatable bonds is 1. The van der Waals surface area contributed by atoms with Crippen molar-refractivity contribution in [2.75, 3.05) is 11.5 Å². The first-order chi connectivity index (χ1) is 6.77.